The van der Waals surface area contributed by atoms with Crippen LogP contribution in [0.15, 0.2) is 66.4 Å². The Morgan fingerprint density at radius 3 is 1.92 bits per heavy atom. The van der Waals surface area contributed by atoms with Gasteiger partial charge in [0.2, 0.25) is 0 Å². The van der Waals surface area contributed by atoms with Crippen molar-refractivity contribution in [1.29, 1.82) is 0 Å². The highest BCUT2D eigenvalue weighted by molar-refractivity contribution is 6.51. The van der Waals surface area contributed by atoms with Gasteiger partial charge >= 0.3 is 0 Å². The number of hydrogen-bond donors (Lipinski definition) is 1. The molecular formula is C21H21ClN2O2. The molecule has 26 heavy (non-hydrogen) atoms. The monoisotopic (exact) mass is 368 g/mol. The Kier molecular flexibility index (Phi) is 6.08. The van der Waals surface area contributed by atoms with Crippen molar-refractivity contribution < 1.29 is 9.59 Å². The molecule has 0 aliphatic carbocycles. The summed E-state index contributed by atoms with van der Waals surface area (Å²) in [5.41, 5.74) is 1.31. The molecule has 1 aliphatic rings. The smallest absolute Gasteiger partial charge is 0.271 e. The molecule has 2 amide bonds. The van der Waals surface area contributed by atoms with E-state index in [2.05, 4.69) is 5.32 Å². The molecule has 0 unspecified atom stereocenters. The molecule has 0 atom stereocenters. The number of carbonyl (C=O) groups is 2. The number of nitrogens with one attached hydrogen (secondary N) is 1. The molecule has 4 nitrogen and oxygen atoms in total. The molecule has 1 heterocycles. The number of nitrogens with zero attached hydrogens (tertiary/aromatic N) is 1. The van der Waals surface area contributed by atoms with Crippen molar-refractivity contribution in [2.45, 2.75) is 19.3 Å². The fourth-order valence-electron chi connectivity index (χ4n) is 2.96. The maximum Gasteiger partial charge on any atom is 0.271 e. The number of benzene rings is 2. The van der Waals surface area contributed by atoms with E-state index in [1.807, 2.05) is 36.4 Å². The average Bonchev–Trinajstić information content (AvgIpc) is 2.73. The summed E-state index contributed by atoms with van der Waals surface area (Å²) in [4.78, 5) is 27.4. The third-order valence-electron chi connectivity index (χ3n) is 4.38. The van der Waals surface area contributed by atoms with E-state index in [-0.39, 0.29) is 22.5 Å². The van der Waals surface area contributed by atoms with Gasteiger partial charge in [0.15, 0.2) is 0 Å². The second-order valence-corrected chi connectivity index (χ2v) is 6.61. The lowest BCUT2D eigenvalue weighted by molar-refractivity contribution is -0.128. The lowest BCUT2D eigenvalue weighted by atomic mass is 10.1. The first kappa shape index (κ1) is 18.2. The number of piperidine rings is 1. The van der Waals surface area contributed by atoms with Crippen molar-refractivity contribution in [3.63, 3.8) is 0 Å². The van der Waals surface area contributed by atoms with E-state index in [1.165, 1.54) is 0 Å². The van der Waals surface area contributed by atoms with Gasteiger partial charge in [-0.25, -0.2) is 0 Å². The standard InChI is InChI=1S/C21H21ClN2O2/c22-18(16-10-4-1-5-11-16)19(21(26)24-14-8-3-9-15-24)23-20(25)17-12-6-2-7-13-17/h1-2,4-7,10-13H,3,8-9,14-15H2,(H,23,25)/b19-18-. The average molecular weight is 369 g/mol. The minimum absolute atomic E-state index is 0.133. The SMILES string of the molecule is O=C(N/C(C(=O)N1CCCCC1)=C(\Cl)c1ccccc1)c1ccccc1. The predicted octanol–water partition coefficient (Wildman–Crippen LogP) is 4.04. The van der Waals surface area contributed by atoms with Crippen LogP contribution in [-0.4, -0.2) is 29.8 Å². The topological polar surface area (TPSA) is 49.4 Å². The highest BCUT2D eigenvalue weighted by Gasteiger charge is 2.25. The van der Waals surface area contributed by atoms with Gasteiger partial charge in [-0.15, -0.1) is 0 Å². The number of halogens is 1. The number of carbonyl (C=O) groups excluding carboxylic acids is 2. The molecule has 1 fully saturated rings. The van der Waals surface area contributed by atoms with E-state index >= 15 is 0 Å². The largest absolute Gasteiger partial charge is 0.337 e. The molecule has 0 bridgehead atoms. The molecule has 3 rings (SSSR count). The van der Waals surface area contributed by atoms with Gasteiger partial charge < -0.3 is 10.2 Å². The molecule has 1 N–H and O–H groups in total. The molecule has 2 aromatic rings. The summed E-state index contributed by atoms with van der Waals surface area (Å²) < 4.78 is 0. The summed E-state index contributed by atoms with van der Waals surface area (Å²) in [5.74, 6) is -0.581. The van der Waals surface area contributed by atoms with Gasteiger partial charge in [-0.2, -0.15) is 0 Å². The van der Waals surface area contributed by atoms with Crippen LogP contribution in [0, 0.1) is 0 Å². The third-order valence-corrected chi connectivity index (χ3v) is 4.79. The van der Waals surface area contributed by atoms with Gasteiger partial charge in [-0.05, 0) is 37.0 Å². The second-order valence-electron chi connectivity index (χ2n) is 6.23. The first-order valence-corrected chi connectivity index (χ1v) is 9.15. The molecule has 1 aliphatic heterocycles. The zero-order valence-electron chi connectivity index (χ0n) is 14.5. The fraction of sp³-hybridized carbons (Fsp3) is 0.238. The molecular weight excluding hydrogens is 348 g/mol. The Bertz CT molecular complexity index is 797. The van der Waals surface area contributed by atoms with Crippen molar-refractivity contribution >= 4 is 28.4 Å². The lowest BCUT2D eigenvalue weighted by Gasteiger charge is -2.28. The van der Waals surface area contributed by atoms with Crippen molar-refractivity contribution in [2.24, 2.45) is 0 Å². The number of likely N-dealkylation sites (tertiary alicyclic amines) is 1. The number of rotatable bonds is 4. The van der Waals surface area contributed by atoms with E-state index in [0.717, 1.165) is 19.3 Å². The molecule has 134 valence electrons. The van der Waals surface area contributed by atoms with E-state index in [0.29, 0.717) is 24.2 Å². The fourth-order valence-corrected chi connectivity index (χ4v) is 3.22. The van der Waals surface area contributed by atoms with Crippen LogP contribution >= 0.6 is 11.6 Å². The molecule has 2 aromatic carbocycles. The second kappa shape index (κ2) is 8.68. The van der Waals surface area contributed by atoms with Crippen molar-refractivity contribution in [3.8, 4) is 0 Å². The van der Waals surface area contributed by atoms with E-state index in [1.54, 1.807) is 29.2 Å². The summed E-state index contributed by atoms with van der Waals surface area (Å²) >= 11 is 6.54. The highest BCUT2D eigenvalue weighted by Crippen LogP contribution is 2.24. The molecule has 0 spiro atoms. The van der Waals surface area contributed by atoms with E-state index in [9.17, 15) is 9.59 Å². The number of amides is 2. The lowest BCUT2D eigenvalue weighted by Crippen LogP contribution is -2.41. The van der Waals surface area contributed by atoms with Crippen LogP contribution in [0.4, 0.5) is 0 Å². The number of hydrogen-bond acceptors (Lipinski definition) is 2. The maximum absolute atomic E-state index is 13.0. The first-order chi connectivity index (χ1) is 12.7. The van der Waals surface area contributed by atoms with Crippen LogP contribution in [0.1, 0.15) is 35.2 Å². The van der Waals surface area contributed by atoms with Crippen LogP contribution in [-0.2, 0) is 4.79 Å². The van der Waals surface area contributed by atoms with Crippen LogP contribution in [0.5, 0.6) is 0 Å². The first-order valence-electron chi connectivity index (χ1n) is 8.77. The van der Waals surface area contributed by atoms with Crippen molar-refractivity contribution in [2.75, 3.05) is 13.1 Å². The van der Waals surface area contributed by atoms with Gasteiger partial charge in [0.05, 0.1) is 5.03 Å². The van der Waals surface area contributed by atoms with Gasteiger partial charge in [0, 0.05) is 18.7 Å². The summed E-state index contributed by atoms with van der Waals surface area (Å²) in [7, 11) is 0. The zero-order chi connectivity index (χ0) is 18.4. The molecule has 0 saturated carbocycles. The van der Waals surface area contributed by atoms with Gasteiger partial charge in [-0.1, -0.05) is 60.1 Å². The minimum atomic E-state index is -0.347. The van der Waals surface area contributed by atoms with Crippen molar-refractivity contribution in [1.82, 2.24) is 10.2 Å². The van der Waals surface area contributed by atoms with E-state index in [4.69, 9.17) is 11.6 Å². The van der Waals surface area contributed by atoms with Crippen molar-refractivity contribution in [3.05, 3.63) is 77.5 Å². The third kappa shape index (κ3) is 4.33. The summed E-state index contributed by atoms with van der Waals surface area (Å²) in [6, 6.07) is 18.0. The van der Waals surface area contributed by atoms with E-state index < -0.39 is 0 Å². The quantitative estimate of drug-likeness (QED) is 0.828. The summed E-state index contributed by atoms with van der Waals surface area (Å²) in [6.07, 6.45) is 3.05. The molecule has 0 aromatic heterocycles. The molecule has 5 heteroatoms. The Morgan fingerprint density at radius 1 is 0.808 bits per heavy atom. The van der Waals surface area contributed by atoms with Crippen LogP contribution in [0.25, 0.3) is 5.03 Å². The van der Waals surface area contributed by atoms with Gasteiger partial charge in [0.1, 0.15) is 5.70 Å². The minimum Gasteiger partial charge on any atom is -0.337 e. The van der Waals surface area contributed by atoms with Crippen LogP contribution < -0.4 is 5.32 Å². The summed E-state index contributed by atoms with van der Waals surface area (Å²) in [5, 5.41) is 3.00. The van der Waals surface area contributed by atoms with Gasteiger partial charge in [-0.3, -0.25) is 9.59 Å². The normalized spacial score (nSPS) is 15.2. The molecule has 1 saturated heterocycles. The summed E-state index contributed by atoms with van der Waals surface area (Å²) in [6.45, 7) is 1.37. The Balaban J connectivity index is 1.93. The highest BCUT2D eigenvalue weighted by atomic mass is 35.5. The van der Waals surface area contributed by atoms with Crippen LogP contribution in [0.3, 0.4) is 0 Å². The molecule has 0 radical (unpaired) electrons. The Hall–Kier alpha value is -2.59. The van der Waals surface area contributed by atoms with Crippen LogP contribution in [0.2, 0.25) is 0 Å². The zero-order valence-corrected chi connectivity index (χ0v) is 15.2. The predicted molar refractivity (Wildman–Crippen MR) is 104 cm³/mol. The Morgan fingerprint density at radius 2 is 1.35 bits per heavy atom. The van der Waals surface area contributed by atoms with Gasteiger partial charge in [0.25, 0.3) is 11.8 Å². The Labute approximate surface area is 158 Å². The maximum atomic E-state index is 13.0.